The van der Waals surface area contributed by atoms with Gasteiger partial charge in [0, 0.05) is 0 Å². The van der Waals surface area contributed by atoms with E-state index in [0.29, 0.717) is 22.5 Å². The number of ether oxygens (including phenoxy) is 1. The Bertz CT molecular complexity index is 669. The molecule has 2 N–H and O–H groups in total. The molecule has 0 spiro atoms. The predicted octanol–water partition coefficient (Wildman–Crippen LogP) is 4.32. The average molecular weight is 358 g/mol. The Morgan fingerprint density at radius 1 is 1.35 bits per heavy atom. The summed E-state index contributed by atoms with van der Waals surface area (Å²) in [6.45, 7) is 3.84. The van der Waals surface area contributed by atoms with Crippen molar-refractivity contribution in [2.75, 3.05) is 0 Å². The lowest BCUT2D eigenvalue weighted by molar-refractivity contribution is 0.175. The van der Waals surface area contributed by atoms with Crippen molar-refractivity contribution >= 4 is 24.0 Å². The number of rotatable bonds is 4. The maximum absolute atomic E-state index is 6.34. The van der Waals surface area contributed by atoms with E-state index in [9.17, 15) is 0 Å². The molecule has 5 nitrogen and oxygen atoms in total. The van der Waals surface area contributed by atoms with Crippen molar-refractivity contribution in [2.24, 2.45) is 5.73 Å². The van der Waals surface area contributed by atoms with Crippen molar-refractivity contribution in [1.82, 2.24) is 10.1 Å². The van der Waals surface area contributed by atoms with Crippen molar-refractivity contribution in [1.29, 1.82) is 0 Å². The molecule has 126 valence electrons. The van der Waals surface area contributed by atoms with E-state index in [4.69, 9.17) is 26.6 Å². The van der Waals surface area contributed by atoms with Gasteiger partial charge >= 0.3 is 0 Å². The standard InChI is InChI=1S/C16H20ClN3O2.ClH/c1-10-5-6-12(17)13(9-10)21-11(2)14-19-15(20-22-14)16(18)7-3-4-8-16;/h5-6,9,11H,3-4,7-8,18H2,1-2H3;1H. The number of halogens is 2. The quantitative estimate of drug-likeness (QED) is 0.881. The van der Waals surface area contributed by atoms with Gasteiger partial charge < -0.3 is 15.0 Å². The summed E-state index contributed by atoms with van der Waals surface area (Å²) in [6.07, 6.45) is 3.61. The van der Waals surface area contributed by atoms with Gasteiger partial charge in [0.25, 0.3) is 5.89 Å². The molecule has 0 aliphatic heterocycles. The number of aryl methyl sites for hydroxylation is 1. The zero-order valence-corrected chi connectivity index (χ0v) is 14.8. The first-order valence-electron chi connectivity index (χ1n) is 7.54. The van der Waals surface area contributed by atoms with E-state index in [2.05, 4.69) is 10.1 Å². The Labute approximate surface area is 146 Å². The number of hydrogen-bond acceptors (Lipinski definition) is 5. The lowest BCUT2D eigenvalue weighted by Crippen LogP contribution is -2.34. The van der Waals surface area contributed by atoms with Gasteiger partial charge in [0.2, 0.25) is 0 Å². The Balaban J connectivity index is 0.00000192. The van der Waals surface area contributed by atoms with Crippen LogP contribution in [0.15, 0.2) is 22.7 Å². The van der Waals surface area contributed by atoms with E-state index in [-0.39, 0.29) is 18.5 Å². The summed E-state index contributed by atoms with van der Waals surface area (Å²) in [4.78, 5) is 4.44. The first-order valence-corrected chi connectivity index (χ1v) is 7.91. The van der Waals surface area contributed by atoms with Crippen molar-refractivity contribution < 1.29 is 9.26 Å². The Hall–Kier alpha value is -1.30. The third-order valence-corrected chi connectivity index (χ3v) is 4.43. The molecule has 7 heteroatoms. The Kier molecular flexibility index (Phi) is 5.55. The fourth-order valence-corrected chi connectivity index (χ4v) is 2.94. The number of nitrogens with zero attached hydrogens (tertiary/aromatic N) is 2. The summed E-state index contributed by atoms with van der Waals surface area (Å²) in [5.41, 5.74) is 6.96. The molecule has 0 saturated heterocycles. The van der Waals surface area contributed by atoms with Gasteiger partial charge in [-0.1, -0.05) is 35.7 Å². The minimum Gasteiger partial charge on any atom is -0.479 e. The summed E-state index contributed by atoms with van der Waals surface area (Å²) in [7, 11) is 0. The highest BCUT2D eigenvalue weighted by atomic mass is 35.5. The van der Waals surface area contributed by atoms with Crippen LogP contribution in [0.25, 0.3) is 0 Å². The molecule has 0 amide bonds. The normalized spacial score (nSPS) is 17.6. The second-order valence-electron chi connectivity index (χ2n) is 6.01. The molecule has 1 saturated carbocycles. The monoisotopic (exact) mass is 357 g/mol. The molecule has 1 atom stereocenters. The first-order chi connectivity index (χ1) is 10.5. The Morgan fingerprint density at radius 3 is 2.74 bits per heavy atom. The van der Waals surface area contributed by atoms with Crippen LogP contribution in [0.3, 0.4) is 0 Å². The van der Waals surface area contributed by atoms with E-state index >= 15 is 0 Å². The second kappa shape index (κ2) is 7.07. The Morgan fingerprint density at radius 2 is 2.04 bits per heavy atom. The van der Waals surface area contributed by atoms with Crippen LogP contribution in [-0.4, -0.2) is 10.1 Å². The SMILES string of the molecule is Cc1ccc(Cl)c(OC(C)c2nc(C3(N)CCCC3)no2)c1.Cl. The van der Waals surface area contributed by atoms with Crippen molar-refractivity contribution in [3.05, 3.63) is 40.5 Å². The van der Waals surface area contributed by atoms with Crippen LogP contribution in [0.2, 0.25) is 5.02 Å². The van der Waals surface area contributed by atoms with Gasteiger partial charge in [0.1, 0.15) is 5.75 Å². The molecule has 1 aromatic carbocycles. The van der Waals surface area contributed by atoms with Crippen LogP contribution in [0.5, 0.6) is 5.75 Å². The molecular formula is C16H21Cl2N3O2. The average Bonchev–Trinajstić information content (AvgIpc) is 3.12. The fourth-order valence-electron chi connectivity index (χ4n) is 2.77. The molecule has 1 aliphatic rings. The minimum atomic E-state index is -0.456. The molecule has 1 fully saturated rings. The van der Waals surface area contributed by atoms with Gasteiger partial charge in [-0.2, -0.15) is 4.98 Å². The topological polar surface area (TPSA) is 74.2 Å². The van der Waals surface area contributed by atoms with Crippen molar-refractivity contribution in [3.63, 3.8) is 0 Å². The lowest BCUT2D eigenvalue weighted by Gasteiger charge is -2.18. The molecule has 0 radical (unpaired) electrons. The highest BCUT2D eigenvalue weighted by Gasteiger charge is 2.36. The van der Waals surface area contributed by atoms with Gasteiger partial charge in [-0.3, -0.25) is 0 Å². The third kappa shape index (κ3) is 3.79. The predicted molar refractivity (Wildman–Crippen MR) is 91.1 cm³/mol. The number of hydrogen-bond donors (Lipinski definition) is 1. The molecule has 0 bridgehead atoms. The number of aromatic nitrogens is 2. The highest BCUT2D eigenvalue weighted by Crippen LogP contribution is 2.35. The van der Waals surface area contributed by atoms with E-state index < -0.39 is 5.54 Å². The van der Waals surface area contributed by atoms with E-state index in [0.717, 1.165) is 31.2 Å². The van der Waals surface area contributed by atoms with Gasteiger partial charge in [0.05, 0.1) is 10.6 Å². The fraction of sp³-hybridized carbons (Fsp3) is 0.500. The molecule has 1 heterocycles. The maximum atomic E-state index is 6.34. The number of nitrogens with two attached hydrogens (primary N) is 1. The van der Waals surface area contributed by atoms with Crippen LogP contribution < -0.4 is 10.5 Å². The van der Waals surface area contributed by atoms with E-state index in [1.807, 2.05) is 32.0 Å². The molecular weight excluding hydrogens is 337 g/mol. The van der Waals surface area contributed by atoms with E-state index in [1.54, 1.807) is 0 Å². The van der Waals surface area contributed by atoms with Gasteiger partial charge in [0.15, 0.2) is 11.9 Å². The highest BCUT2D eigenvalue weighted by molar-refractivity contribution is 6.32. The third-order valence-electron chi connectivity index (χ3n) is 4.12. The smallest absolute Gasteiger partial charge is 0.267 e. The summed E-state index contributed by atoms with van der Waals surface area (Å²) in [5, 5.41) is 4.61. The summed E-state index contributed by atoms with van der Waals surface area (Å²) < 4.78 is 11.2. The molecule has 3 rings (SSSR count). The summed E-state index contributed by atoms with van der Waals surface area (Å²) >= 11 is 6.15. The largest absolute Gasteiger partial charge is 0.479 e. The molecule has 1 unspecified atom stereocenters. The van der Waals surface area contributed by atoms with Crippen LogP contribution in [0.4, 0.5) is 0 Å². The second-order valence-corrected chi connectivity index (χ2v) is 6.42. The van der Waals surface area contributed by atoms with Crippen LogP contribution in [0.1, 0.15) is 56.0 Å². The zero-order chi connectivity index (χ0) is 15.7. The van der Waals surface area contributed by atoms with Gasteiger partial charge in [-0.15, -0.1) is 12.4 Å². The zero-order valence-electron chi connectivity index (χ0n) is 13.2. The first kappa shape index (κ1) is 18.0. The molecule has 2 aromatic rings. The molecule has 23 heavy (non-hydrogen) atoms. The summed E-state index contributed by atoms with van der Waals surface area (Å²) in [5.74, 6) is 1.60. The number of benzene rings is 1. The molecule has 1 aliphatic carbocycles. The van der Waals surface area contributed by atoms with Crippen LogP contribution in [0, 0.1) is 6.92 Å². The van der Waals surface area contributed by atoms with Gasteiger partial charge in [-0.25, -0.2) is 0 Å². The lowest BCUT2D eigenvalue weighted by atomic mass is 9.99. The minimum absolute atomic E-state index is 0. The van der Waals surface area contributed by atoms with Crippen molar-refractivity contribution in [3.8, 4) is 5.75 Å². The summed E-state index contributed by atoms with van der Waals surface area (Å²) in [6, 6.07) is 5.63. The van der Waals surface area contributed by atoms with Gasteiger partial charge in [-0.05, 0) is 44.4 Å². The van der Waals surface area contributed by atoms with Crippen LogP contribution >= 0.6 is 24.0 Å². The van der Waals surface area contributed by atoms with Crippen LogP contribution in [-0.2, 0) is 5.54 Å². The molecule has 1 aromatic heterocycles. The van der Waals surface area contributed by atoms with E-state index in [1.165, 1.54) is 0 Å². The maximum Gasteiger partial charge on any atom is 0.267 e. The van der Waals surface area contributed by atoms with Crippen molar-refractivity contribution in [2.45, 2.75) is 51.2 Å².